The third kappa shape index (κ3) is 7.13. The van der Waals surface area contributed by atoms with Crippen molar-refractivity contribution in [1.29, 1.82) is 0 Å². The molecule has 1 heterocycles. The third-order valence-electron chi connectivity index (χ3n) is 6.27. The Bertz CT molecular complexity index is 1150. The highest BCUT2D eigenvalue weighted by atomic mass is 16.2. The summed E-state index contributed by atoms with van der Waals surface area (Å²) in [6, 6.07) is 14.6. The van der Waals surface area contributed by atoms with Gasteiger partial charge in [0.25, 0.3) is 5.91 Å². The molecule has 3 rings (SSSR count). The van der Waals surface area contributed by atoms with Crippen LogP contribution in [0.3, 0.4) is 0 Å². The number of nitrogens with two attached hydrogens (primary N) is 1. The molecule has 7 heteroatoms. The number of hydrogen-bond acceptors (Lipinski definition) is 5. The second-order valence-electron chi connectivity index (χ2n) is 9.02. The average Bonchev–Trinajstić information content (AvgIpc) is 2.88. The predicted molar refractivity (Wildman–Crippen MR) is 145 cm³/mol. The smallest absolute Gasteiger partial charge is 0.253 e. The molecule has 1 aromatic heterocycles. The topological polar surface area (TPSA) is 101 Å². The molecule has 0 saturated heterocycles. The number of carbonyl (C=O) groups is 2. The van der Waals surface area contributed by atoms with Crippen LogP contribution >= 0.6 is 0 Å². The molecule has 0 saturated carbocycles. The second-order valence-corrected chi connectivity index (χ2v) is 9.02. The Morgan fingerprint density at radius 1 is 0.917 bits per heavy atom. The Morgan fingerprint density at radius 3 is 2.19 bits per heavy atom. The summed E-state index contributed by atoms with van der Waals surface area (Å²) in [7, 11) is 0. The molecule has 0 aliphatic heterocycles. The first kappa shape index (κ1) is 26.9. The summed E-state index contributed by atoms with van der Waals surface area (Å²) in [6.45, 7) is 7.80. The van der Waals surface area contributed by atoms with Crippen LogP contribution in [0.2, 0.25) is 0 Å². The molecule has 3 N–H and O–H groups in total. The van der Waals surface area contributed by atoms with Gasteiger partial charge in [0.05, 0.1) is 5.69 Å². The van der Waals surface area contributed by atoms with Gasteiger partial charge in [-0.2, -0.15) is 0 Å². The van der Waals surface area contributed by atoms with Gasteiger partial charge in [-0.3, -0.25) is 9.59 Å². The number of nitrogens with zero attached hydrogens (tertiary/aromatic N) is 3. The van der Waals surface area contributed by atoms with E-state index in [2.05, 4.69) is 29.1 Å². The highest BCUT2D eigenvalue weighted by Crippen LogP contribution is 2.25. The average molecular weight is 488 g/mol. The van der Waals surface area contributed by atoms with Crippen LogP contribution in [-0.2, 0) is 0 Å². The van der Waals surface area contributed by atoms with Crippen molar-refractivity contribution in [1.82, 2.24) is 14.9 Å². The Balaban J connectivity index is 1.73. The van der Waals surface area contributed by atoms with E-state index in [1.54, 1.807) is 24.4 Å². The Hall–Kier alpha value is -3.74. The largest absolute Gasteiger partial charge is 0.366 e. The van der Waals surface area contributed by atoms with Crippen LogP contribution < -0.4 is 11.1 Å². The molecular formula is C29H37N5O2. The van der Waals surface area contributed by atoms with Gasteiger partial charge in [-0.1, -0.05) is 51.7 Å². The normalized spacial score (nSPS) is 10.8. The second kappa shape index (κ2) is 13.4. The van der Waals surface area contributed by atoms with E-state index in [1.807, 2.05) is 42.2 Å². The van der Waals surface area contributed by atoms with Gasteiger partial charge in [0.2, 0.25) is 11.9 Å². The zero-order chi connectivity index (χ0) is 25.9. The van der Waals surface area contributed by atoms with E-state index in [9.17, 15) is 9.59 Å². The molecular weight excluding hydrogens is 450 g/mol. The number of nitrogens with one attached hydrogen (secondary N) is 1. The quantitative estimate of drug-likeness (QED) is 0.283. The maximum Gasteiger partial charge on any atom is 0.253 e. The standard InChI is InChI=1S/C29H37N5O2/c1-4-6-8-19-34(20-9-7-5-2)28(36)22-13-15-23(16-14-22)32-29-31-18-17-26(33-29)24-11-10-12-25(21(24)3)27(30)35/h10-18H,4-9,19-20H2,1-3H3,(H2,30,35)(H,31,32,33). The van der Waals surface area contributed by atoms with Gasteiger partial charge in [0.1, 0.15) is 0 Å². The molecule has 0 unspecified atom stereocenters. The van der Waals surface area contributed by atoms with Gasteiger partial charge in [-0.05, 0) is 61.7 Å². The van der Waals surface area contributed by atoms with Crippen molar-refractivity contribution in [2.45, 2.75) is 59.3 Å². The minimum atomic E-state index is -0.467. The van der Waals surface area contributed by atoms with E-state index in [0.717, 1.165) is 68.4 Å². The first-order valence-corrected chi connectivity index (χ1v) is 12.8. The van der Waals surface area contributed by atoms with Crippen molar-refractivity contribution in [2.75, 3.05) is 18.4 Å². The molecule has 0 bridgehead atoms. The van der Waals surface area contributed by atoms with Crippen LogP contribution in [0.4, 0.5) is 11.6 Å². The lowest BCUT2D eigenvalue weighted by Crippen LogP contribution is -2.33. The van der Waals surface area contributed by atoms with Crippen molar-refractivity contribution in [3.63, 3.8) is 0 Å². The van der Waals surface area contributed by atoms with E-state index in [1.165, 1.54) is 0 Å². The van der Waals surface area contributed by atoms with Gasteiger partial charge in [0.15, 0.2) is 0 Å². The van der Waals surface area contributed by atoms with Gasteiger partial charge in [-0.25, -0.2) is 9.97 Å². The first-order valence-electron chi connectivity index (χ1n) is 12.8. The zero-order valence-electron chi connectivity index (χ0n) is 21.6. The Kier molecular flexibility index (Phi) is 9.98. The number of anilines is 2. The minimum Gasteiger partial charge on any atom is -0.366 e. The highest BCUT2D eigenvalue weighted by Gasteiger charge is 2.16. The maximum absolute atomic E-state index is 13.2. The first-order chi connectivity index (χ1) is 17.4. The van der Waals surface area contributed by atoms with Crippen LogP contribution in [0.5, 0.6) is 0 Å². The van der Waals surface area contributed by atoms with Gasteiger partial charge in [-0.15, -0.1) is 0 Å². The Morgan fingerprint density at radius 2 is 1.58 bits per heavy atom. The molecule has 2 amide bonds. The molecule has 7 nitrogen and oxygen atoms in total. The van der Waals surface area contributed by atoms with E-state index >= 15 is 0 Å². The summed E-state index contributed by atoms with van der Waals surface area (Å²) in [6.07, 6.45) is 8.27. The number of benzene rings is 2. The molecule has 190 valence electrons. The third-order valence-corrected chi connectivity index (χ3v) is 6.27. The number of primary amides is 1. The molecule has 2 aromatic carbocycles. The number of amides is 2. The lowest BCUT2D eigenvalue weighted by molar-refractivity contribution is 0.0749. The van der Waals surface area contributed by atoms with Crippen molar-refractivity contribution in [3.8, 4) is 11.3 Å². The van der Waals surface area contributed by atoms with Gasteiger partial charge < -0.3 is 16.0 Å². The lowest BCUT2D eigenvalue weighted by Gasteiger charge is -2.23. The van der Waals surface area contributed by atoms with Crippen LogP contribution in [0.1, 0.15) is 78.7 Å². The van der Waals surface area contributed by atoms with E-state index in [-0.39, 0.29) is 5.91 Å². The minimum absolute atomic E-state index is 0.0804. The van der Waals surface area contributed by atoms with Gasteiger partial charge in [0, 0.05) is 41.7 Å². The molecule has 3 aromatic rings. The summed E-state index contributed by atoms with van der Waals surface area (Å²) in [4.78, 5) is 35.8. The summed E-state index contributed by atoms with van der Waals surface area (Å²) in [5.41, 5.74) is 9.73. The summed E-state index contributed by atoms with van der Waals surface area (Å²) in [5, 5.41) is 3.21. The molecule has 0 aliphatic carbocycles. The molecule has 0 aliphatic rings. The Labute approximate surface area is 214 Å². The van der Waals surface area contributed by atoms with E-state index in [0.29, 0.717) is 22.8 Å². The number of rotatable bonds is 13. The summed E-state index contributed by atoms with van der Waals surface area (Å²) >= 11 is 0. The van der Waals surface area contributed by atoms with Crippen LogP contribution in [0.25, 0.3) is 11.3 Å². The number of unbranched alkanes of at least 4 members (excludes halogenated alkanes) is 4. The molecule has 0 radical (unpaired) electrons. The van der Waals surface area contributed by atoms with Crippen LogP contribution in [0, 0.1) is 6.92 Å². The molecule has 0 spiro atoms. The van der Waals surface area contributed by atoms with Crippen molar-refractivity contribution in [3.05, 3.63) is 71.4 Å². The number of hydrogen-bond donors (Lipinski definition) is 2. The van der Waals surface area contributed by atoms with Crippen LogP contribution in [-0.4, -0.2) is 39.8 Å². The van der Waals surface area contributed by atoms with Crippen molar-refractivity contribution < 1.29 is 9.59 Å². The fourth-order valence-corrected chi connectivity index (χ4v) is 4.18. The van der Waals surface area contributed by atoms with E-state index < -0.39 is 5.91 Å². The SMILES string of the molecule is CCCCCN(CCCCC)C(=O)c1ccc(Nc2nccc(-c3cccc(C(N)=O)c3C)n2)cc1. The monoisotopic (exact) mass is 487 g/mol. The molecule has 0 atom stereocenters. The summed E-state index contributed by atoms with van der Waals surface area (Å²) < 4.78 is 0. The van der Waals surface area contributed by atoms with Crippen molar-refractivity contribution >= 4 is 23.5 Å². The molecule has 0 fully saturated rings. The highest BCUT2D eigenvalue weighted by molar-refractivity contribution is 5.96. The summed E-state index contributed by atoms with van der Waals surface area (Å²) in [5.74, 6) is 0.0405. The molecule has 36 heavy (non-hydrogen) atoms. The fraction of sp³-hybridized carbons (Fsp3) is 0.379. The lowest BCUT2D eigenvalue weighted by atomic mass is 9.99. The van der Waals surface area contributed by atoms with Gasteiger partial charge >= 0.3 is 0 Å². The maximum atomic E-state index is 13.2. The van der Waals surface area contributed by atoms with Crippen molar-refractivity contribution in [2.24, 2.45) is 5.73 Å². The van der Waals surface area contributed by atoms with Crippen LogP contribution in [0.15, 0.2) is 54.7 Å². The number of aromatic nitrogens is 2. The number of carbonyl (C=O) groups excluding carboxylic acids is 2. The predicted octanol–water partition coefficient (Wildman–Crippen LogP) is 6.12. The fourth-order valence-electron chi connectivity index (χ4n) is 4.18. The zero-order valence-corrected chi connectivity index (χ0v) is 21.6. The van der Waals surface area contributed by atoms with E-state index in [4.69, 9.17) is 5.73 Å².